The van der Waals surface area contributed by atoms with Gasteiger partial charge in [-0.05, 0) is 58.5 Å². The van der Waals surface area contributed by atoms with Crippen LogP contribution in [-0.2, 0) is 0 Å². The van der Waals surface area contributed by atoms with Crippen LogP contribution in [-0.4, -0.2) is 12.1 Å². The minimum Gasteiger partial charge on any atom is -0.267 e. The Hall–Kier alpha value is -1.95. The molecule has 0 spiro atoms. The fourth-order valence-corrected chi connectivity index (χ4v) is 1.88. The summed E-state index contributed by atoms with van der Waals surface area (Å²) in [4.78, 5) is 11.7. The fourth-order valence-electron chi connectivity index (χ4n) is 1.52. The van der Waals surface area contributed by atoms with Crippen LogP contribution < -0.4 is 5.43 Å². The first-order chi connectivity index (χ1) is 9.75. The average Bonchev–Trinajstić information content (AvgIpc) is 2.48. The molecule has 4 heteroatoms. The summed E-state index contributed by atoms with van der Waals surface area (Å²) in [5.41, 5.74) is 4.16. The highest BCUT2D eigenvalue weighted by Gasteiger charge is 2.02. The van der Waals surface area contributed by atoms with Crippen molar-refractivity contribution in [2.45, 2.75) is 0 Å². The van der Waals surface area contributed by atoms with E-state index in [4.69, 9.17) is 0 Å². The third-order valence-electron chi connectivity index (χ3n) is 2.52. The van der Waals surface area contributed by atoms with Gasteiger partial charge in [-0.25, -0.2) is 5.43 Å². The molecule has 1 amide bonds. The van der Waals surface area contributed by atoms with Gasteiger partial charge in [0.25, 0.3) is 5.91 Å². The van der Waals surface area contributed by atoms with Crippen LogP contribution in [0, 0.1) is 3.57 Å². The highest BCUT2D eigenvalue weighted by atomic mass is 127. The van der Waals surface area contributed by atoms with Gasteiger partial charge in [-0.1, -0.05) is 36.4 Å². The number of amides is 1. The molecule has 1 N–H and O–H groups in total. The first-order valence-electron chi connectivity index (χ1n) is 6.06. The lowest BCUT2D eigenvalue weighted by Crippen LogP contribution is -2.17. The molecule has 0 saturated carbocycles. The summed E-state index contributed by atoms with van der Waals surface area (Å²) in [7, 11) is 0. The molecule has 0 unspecified atom stereocenters. The van der Waals surface area contributed by atoms with Crippen molar-refractivity contribution in [1.29, 1.82) is 0 Å². The van der Waals surface area contributed by atoms with Gasteiger partial charge in [-0.15, -0.1) is 0 Å². The van der Waals surface area contributed by atoms with Crippen molar-refractivity contribution in [3.63, 3.8) is 0 Å². The van der Waals surface area contributed by atoms with E-state index in [1.165, 1.54) is 0 Å². The van der Waals surface area contributed by atoms with Gasteiger partial charge in [-0.2, -0.15) is 5.10 Å². The van der Waals surface area contributed by atoms with Gasteiger partial charge in [0, 0.05) is 15.3 Å². The number of allylic oxidation sites excluding steroid dienone is 1. The molecular weight excluding hydrogens is 363 g/mol. The fraction of sp³-hybridized carbons (Fsp3) is 0. The van der Waals surface area contributed by atoms with Crippen molar-refractivity contribution in [1.82, 2.24) is 5.43 Å². The first-order valence-corrected chi connectivity index (χ1v) is 7.14. The standard InChI is InChI=1S/C16H13IN2O/c17-15-10-8-14(9-11-15)16(20)19-18-12-4-7-13-5-2-1-3-6-13/h1-12H,(H,19,20)/b7-4+,18-12-. The molecule has 0 aromatic heterocycles. The molecule has 2 rings (SSSR count). The van der Waals surface area contributed by atoms with Gasteiger partial charge in [0.1, 0.15) is 0 Å². The van der Waals surface area contributed by atoms with Crippen LogP contribution in [0.2, 0.25) is 0 Å². The maximum Gasteiger partial charge on any atom is 0.271 e. The molecule has 0 atom stereocenters. The summed E-state index contributed by atoms with van der Waals surface area (Å²) in [5, 5.41) is 3.87. The number of hydrogen-bond acceptors (Lipinski definition) is 2. The van der Waals surface area contributed by atoms with Crippen LogP contribution in [0.5, 0.6) is 0 Å². The number of nitrogens with zero attached hydrogens (tertiary/aromatic N) is 1. The summed E-state index contributed by atoms with van der Waals surface area (Å²) < 4.78 is 1.09. The molecule has 2 aromatic carbocycles. The number of hydrogen-bond donors (Lipinski definition) is 1. The molecule has 3 nitrogen and oxygen atoms in total. The largest absolute Gasteiger partial charge is 0.271 e. The second kappa shape index (κ2) is 7.59. The third kappa shape index (κ3) is 4.62. The van der Waals surface area contributed by atoms with Crippen molar-refractivity contribution < 1.29 is 4.79 Å². The van der Waals surface area contributed by atoms with Crippen molar-refractivity contribution in [3.05, 3.63) is 75.4 Å². The van der Waals surface area contributed by atoms with Crippen molar-refractivity contribution >= 4 is 40.8 Å². The number of hydrazone groups is 1. The lowest BCUT2D eigenvalue weighted by molar-refractivity contribution is 0.0955. The Morgan fingerprint density at radius 2 is 1.75 bits per heavy atom. The third-order valence-corrected chi connectivity index (χ3v) is 3.24. The normalized spacial score (nSPS) is 11.1. The van der Waals surface area contributed by atoms with Gasteiger partial charge in [-0.3, -0.25) is 4.79 Å². The zero-order chi connectivity index (χ0) is 14.2. The van der Waals surface area contributed by atoms with Crippen molar-refractivity contribution in [2.75, 3.05) is 0 Å². The number of carbonyl (C=O) groups excluding carboxylic acids is 1. The smallest absolute Gasteiger partial charge is 0.267 e. The van der Waals surface area contributed by atoms with Gasteiger partial charge in [0.05, 0.1) is 0 Å². The van der Waals surface area contributed by atoms with E-state index in [1.54, 1.807) is 24.4 Å². The Morgan fingerprint density at radius 1 is 1.05 bits per heavy atom. The number of benzene rings is 2. The van der Waals surface area contributed by atoms with Gasteiger partial charge >= 0.3 is 0 Å². The van der Waals surface area contributed by atoms with Crippen molar-refractivity contribution in [2.24, 2.45) is 5.10 Å². The molecule has 0 fully saturated rings. The Balaban J connectivity index is 1.86. The van der Waals surface area contributed by atoms with E-state index in [0.717, 1.165) is 9.13 Å². The van der Waals surface area contributed by atoms with Crippen LogP contribution in [0.4, 0.5) is 0 Å². The van der Waals surface area contributed by atoms with E-state index >= 15 is 0 Å². The van der Waals surface area contributed by atoms with E-state index in [-0.39, 0.29) is 5.91 Å². The number of carbonyl (C=O) groups is 1. The highest BCUT2D eigenvalue weighted by Crippen LogP contribution is 2.06. The first kappa shape index (κ1) is 14.5. The predicted molar refractivity (Wildman–Crippen MR) is 90.6 cm³/mol. The summed E-state index contributed by atoms with van der Waals surface area (Å²) in [6, 6.07) is 17.2. The average molecular weight is 376 g/mol. The van der Waals surface area contributed by atoms with Gasteiger partial charge in [0.15, 0.2) is 0 Å². The number of rotatable bonds is 4. The zero-order valence-electron chi connectivity index (χ0n) is 10.7. The molecule has 0 radical (unpaired) electrons. The summed E-state index contributed by atoms with van der Waals surface area (Å²) in [6.45, 7) is 0. The molecule has 100 valence electrons. The number of halogens is 1. The van der Waals surface area contributed by atoms with E-state index in [1.807, 2.05) is 48.5 Å². The molecule has 2 aromatic rings. The van der Waals surface area contributed by atoms with Crippen LogP contribution in [0.25, 0.3) is 6.08 Å². The quantitative estimate of drug-likeness (QED) is 0.493. The molecule has 0 aliphatic carbocycles. The lowest BCUT2D eigenvalue weighted by Gasteiger charge is -1.98. The molecule has 0 heterocycles. The van der Waals surface area contributed by atoms with Crippen LogP contribution in [0.1, 0.15) is 15.9 Å². The van der Waals surface area contributed by atoms with E-state index in [9.17, 15) is 4.79 Å². The maximum atomic E-state index is 11.7. The molecule has 0 aliphatic rings. The Bertz CT molecular complexity index is 619. The maximum absolute atomic E-state index is 11.7. The Kier molecular flexibility index (Phi) is 5.49. The van der Waals surface area contributed by atoms with Gasteiger partial charge in [0.2, 0.25) is 0 Å². The van der Waals surface area contributed by atoms with E-state index < -0.39 is 0 Å². The second-order valence-electron chi connectivity index (χ2n) is 4.00. The minimum absolute atomic E-state index is 0.217. The van der Waals surface area contributed by atoms with Gasteiger partial charge < -0.3 is 0 Å². The lowest BCUT2D eigenvalue weighted by atomic mass is 10.2. The summed E-state index contributed by atoms with van der Waals surface area (Å²) in [6.07, 6.45) is 5.25. The summed E-state index contributed by atoms with van der Waals surface area (Å²) in [5.74, 6) is -0.217. The Labute approximate surface area is 131 Å². The highest BCUT2D eigenvalue weighted by molar-refractivity contribution is 14.1. The predicted octanol–water partition coefficient (Wildman–Crippen LogP) is 3.72. The topological polar surface area (TPSA) is 41.5 Å². The molecule has 0 aliphatic heterocycles. The van der Waals surface area contributed by atoms with Crippen molar-refractivity contribution in [3.8, 4) is 0 Å². The Morgan fingerprint density at radius 3 is 2.45 bits per heavy atom. The number of nitrogens with one attached hydrogen (secondary N) is 1. The van der Waals surface area contributed by atoms with Crippen LogP contribution in [0.15, 0.2) is 65.8 Å². The summed E-state index contributed by atoms with van der Waals surface area (Å²) >= 11 is 2.19. The van der Waals surface area contributed by atoms with Crippen LogP contribution in [0.3, 0.4) is 0 Å². The second-order valence-corrected chi connectivity index (χ2v) is 5.24. The zero-order valence-corrected chi connectivity index (χ0v) is 12.8. The molecule has 0 saturated heterocycles. The molecule has 20 heavy (non-hydrogen) atoms. The molecule has 0 bridgehead atoms. The monoisotopic (exact) mass is 376 g/mol. The SMILES string of the molecule is O=C(N/N=C\C=C\c1ccccc1)c1ccc(I)cc1. The van der Waals surface area contributed by atoms with E-state index in [2.05, 4.69) is 33.1 Å². The molecular formula is C16H13IN2O. The van der Waals surface area contributed by atoms with E-state index in [0.29, 0.717) is 5.56 Å². The van der Waals surface area contributed by atoms with Crippen LogP contribution >= 0.6 is 22.6 Å². The minimum atomic E-state index is -0.217.